The van der Waals surface area contributed by atoms with Gasteiger partial charge in [0.05, 0.1) is 29.5 Å². The van der Waals surface area contributed by atoms with Crippen LogP contribution in [-0.4, -0.2) is 43.4 Å². The number of fused-ring (bicyclic) bond motifs is 1. The minimum absolute atomic E-state index is 0.0175. The van der Waals surface area contributed by atoms with Crippen LogP contribution in [0, 0.1) is 5.41 Å². The fourth-order valence-electron chi connectivity index (χ4n) is 2.88. The number of hydrogen-bond donors (Lipinski definition) is 3. The van der Waals surface area contributed by atoms with Crippen molar-refractivity contribution in [3.8, 4) is 11.4 Å². The summed E-state index contributed by atoms with van der Waals surface area (Å²) < 4.78 is 33.7. The summed E-state index contributed by atoms with van der Waals surface area (Å²) in [5.74, 6) is 0.146. The molecule has 1 heterocycles. The van der Waals surface area contributed by atoms with Crippen LogP contribution in [0.2, 0.25) is 0 Å². The van der Waals surface area contributed by atoms with E-state index in [1.807, 2.05) is 23.7 Å². The Morgan fingerprint density at radius 1 is 1.24 bits per heavy atom. The molecule has 0 bridgehead atoms. The van der Waals surface area contributed by atoms with Gasteiger partial charge in [-0.1, -0.05) is 24.3 Å². The lowest BCUT2D eigenvalue weighted by atomic mass is 10.1. The predicted octanol–water partition coefficient (Wildman–Crippen LogP) is 1.37. The van der Waals surface area contributed by atoms with Gasteiger partial charge in [0.25, 0.3) is 0 Å². The molecule has 10 heteroatoms. The van der Waals surface area contributed by atoms with Crippen LogP contribution in [0.15, 0.2) is 47.4 Å². The lowest BCUT2D eigenvalue weighted by Crippen LogP contribution is -2.26. The van der Waals surface area contributed by atoms with E-state index >= 15 is 0 Å². The summed E-state index contributed by atoms with van der Waals surface area (Å²) in [5.41, 5.74) is 8.20. The second-order valence-electron chi connectivity index (χ2n) is 6.36. The summed E-state index contributed by atoms with van der Waals surface area (Å²) in [7, 11) is -0.697. The van der Waals surface area contributed by atoms with Crippen molar-refractivity contribution in [1.82, 2.24) is 14.3 Å². The molecule has 0 aliphatic rings. The van der Waals surface area contributed by atoms with E-state index in [0.717, 1.165) is 11.1 Å². The smallest absolute Gasteiger partial charge is 0.306 e. The van der Waals surface area contributed by atoms with Crippen LogP contribution in [-0.2, 0) is 26.6 Å². The number of aromatic nitrogens is 2. The number of amidine groups is 1. The predicted molar refractivity (Wildman–Crippen MR) is 109 cm³/mol. The molecular formula is C19H21N5O4S. The van der Waals surface area contributed by atoms with Crippen LogP contribution < -0.4 is 10.5 Å². The maximum atomic E-state index is 12.5. The van der Waals surface area contributed by atoms with Crippen LogP contribution in [0.5, 0.6) is 0 Å². The van der Waals surface area contributed by atoms with Crippen molar-refractivity contribution in [1.29, 1.82) is 5.41 Å². The molecule has 0 spiro atoms. The number of esters is 1. The second-order valence-corrected chi connectivity index (χ2v) is 8.13. The maximum Gasteiger partial charge on any atom is 0.306 e. The van der Waals surface area contributed by atoms with Gasteiger partial charge in [-0.25, -0.2) is 18.1 Å². The Balaban J connectivity index is 1.91. The Morgan fingerprint density at radius 3 is 2.55 bits per heavy atom. The minimum atomic E-state index is -3.78. The van der Waals surface area contributed by atoms with Gasteiger partial charge >= 0.3 is 5.97 Å². The Bertz CT molecular complexity index is 1180. The fourth-order valence-corrected chi connectivity index (χ4v) is 3.93. The van der Waals surface area contributed by atoms with Crippen molar-refractivity contribution < 1.29 is 17.9 Å². The van der Waals surface area contributed by atoms with E-state index in [1.165, 1.54) is 19.2 Å². The average Bonchev–Trinajstić information content (AvgIpc) is 3.03. The molecule has 0 fully saturated rings. The maximum absolute atomic E-state index is 12.5. The summed E-state index contributed by atoms with van der Waals surface area (Å²) in [4.78, 5) is 15.8. The first-order valence-corrected chi connectivity index (χ1v) is 10.2. The zero-order valence-corrected chi connectivity index (χ0v) is 16.8. The molecule has 0 aliphatic carbocycles. The number of benzene rings is 2. The third kappa shape index (κ3) is 4.28. The highest BCUT2D eigenvalue weighted by molar-refractivity contribution is 7.89. The highest BCUT2D eigenvalue weighted by Crippen LogP contribution is 2.26. The lowest BCUT2D eigenvalue weighted by Gasteiger charge is -2.06. The van der Waals surface area contributed by atoms with E-state index in [-0.39, 0.29) is 23.7 Å². The van der Waals surface area contributed by atoms with Gasteiger partial charge in [-0.3, -0.25) is 10.2 Å². The highest BCUT2D eigenvalue weighted by Gasteiger charge is 2.17. The molecule has 152 valence electrons. The van der Waals surface area contributed by atoms with E-state index in [4.69, 9.17) is 11.1 Å². The Labute approximate surface area is 168 Å². The van der Waals surface area contributed by atoms with E-state index in [0.29, 0.717) is 16.9 Å². The number of imidazole rings is 1. The number of methoxy groups -OCH3 is 1. The van der Waals surface area contributed by atoms with Crippen molar-refractivity contribution in [2.75, 3.05) is 13.7 Å². The van der Waals surface area contributed by atoms with Gasteiger partial charge in [0.2, 0.25) is 10.0 Å². The van der Waals surface area contributed by atoms with Crippen molar-refractivity contribution in [2.24, 2.45) is 12.8 Å². The van der Waals surface area contributed by atoms with Crippen molar-refractivity contribution >= 4 is 32.9 Å². The Kier molecular flexibility index (Phi) is 5.66. The molecule has 4 N–H and O–H groups in total. The number of nitrogens with one attached hydrogen (secondary N) is 2. The molecule has 3 rings (SSSR count). The van der Waals surface area contributed by atoms with Crippen LogP contribution >= 0.6 is 0 Å². The molecule has 9 nitrogen and oxygen atoms in total. The lowest BCUT2D eigenvalue weighted by molar-refractivity contribution is -0.140. The second kappa shape index (κ2) is 8.02. The molecule has 1 aromatic heterocycles. The van der Waals surface area contributed by atoms with E-state index in [9.17, 15) is 13.2 Å². The van der Waals surface area contributed by atoms with Crippen LogP contribution in [0.3, 0.4) is 0 Å². The normalized spacial score (nSPS) is 11.5. The van der Waals surface area contributed by atoms with Crippen molar-refractivity contribution in [3.63, 3.8) is 0 Å². The number of rotatable bonds is 7. The summed E-state index contributed by atoms with van der Waals surface area (Å²) in [5, 5.41) is 7.47. The molecule has 3 aromatic rings. The minimum Gasteiger partial charge on any atom is -0.469 e. The van der Waals surface area contributed by atoms with Crippen molar-refractivity contribution in [3.05, 3.63) is 48.0 Å². The largest absolute Gasteiger partial charge is 0.469 e. The highest BCUT2D eigenvalue weighted by atomic mass is 32.2. The summed E-state index contributed by atoms with van der Waals surface area (Å²) in [6.45, 7) is -0.0526. The van der Waals surface area contributed by atoms with Gasteiger partial charge in [-0.05, 0) is 18.2 Å². The average molecular weight is 415 g/mol. The van der Waals surface area contributed by atoms with Crippen LogP contribution in [0.1, 0.15) is 12.0 Å². The SMILES string of the molecule is COC(=O)CCNS(=O)(=O)c1ccc2c(c1)nc(-c1ccc(C(=N)N)cc1)n2C. The number of sulfonamides is 1. The molecular weight excluding hydrogens is 394 g/mol. The topological polar surface area (TPSA) is 140 Å². The first kappa shape index (κ1) is 20.5. The monoisotopic (exact) mass is 415 g/mol. The number of aryl methyl sites for hydroxylation is 1. The molecule has 29 heavy (non-hydrogen) atoms. The number of carbonyl (C=O) groups excluding carboxylic acids is 1. The van der Waals surface area contributed by atoms with Crippen molar-refractivity contribution in [2.45, 2.75) is 11.3 Å². The standard InChI is InChI=1S/C19H21N5O4S/c1-24-16-8-7-14(29(26,27)22-10-9-17(25)28-2)11-15(16)23-19(24)13-5-3-12(4-6-13)18(20)21/h3-8,11,22H,9-10H2,1-2H3,(H3,20,21). The molecule has 0 saturated carbocycles. The number of nitrogen functional groups attached to an aromatic ring is 1. The fraction of sp³-hybridized carbons (Fsp3) is 0.211. The zero-order chi connectivity index (χ0) is 21.2. The summed E-state index contributed by atoms with van der Waals surface area (Å²) in [6, 6.07) is 11.8. The van der Waals surface area contributed by atoms with Gasteiger partial charge in [0.15, 0.2) is 0 Å². The summed E-state index contributed by atoms with van der Waals surface area (Å²) >= 11 is 0. The van der Waals surface area contributed by atoms with Gasteiger partial charge < -0.3 is 15.0 Å². The van der Waals surface area contributed by atoms with E-state index in [2.05, 4.69) is 14.4 Å². The summed E-state index contributed by atoms with van der Waals surface area (Å²) in [6.07, 6.45) is -0.0536. The molecule has 0 radical (unpaired) electrons. The molecule has 0 amide bonds. The zero-order valence-electron chi connectivity index (χ0n) is 16.0. The van der Waals surface area contributed by atoms with E-state index in [1.54, 1.807) is 18.2 Å². The first-order chi connectivity index (χ1) is 13.7. The van der Waals surface area contributed by atoms with Crippen LogP contribution in [0.25, 0.3) is 22.4 Å². The van der Waals surface area contributed by atoms with Gasteiger partial charge in [0, 0.05) is 24.7 Å². The first-order valence-electron chi connectivity index (χ1n) is 8.70. The van der Waals surface area contributed by atoms with Gasteiger partial charge in [-0.15, -0.1) is 0 Å². The third-order valence-electron chi connectivity index (χ3n) is 4.47. The molecule has 0 unspecified atom stereocenters. The molecule has 0 saturated heterocycles. The molecule has 0 aliphatic heterocycles. The third-order valence-corrected chi connectivity index (χ3v) is 5.92. The van der Waals surface area contributed by atoms with Gasteiger partial charge in [-0.2, -0.15) is 0 Å². The number of hydrogen-bond acceptors (Lipinski definition) is 6. The molecule has 0 atom stereocenters. The number of ether oxygens (including phenoxy) is 1. The quantitative estimate of drug-likeness (QED) is 0.302. The Morgan fingerprint density at radius 2 is 1.93 bits per heavy atom. The van der Waals surface area contributed by atoms with Gasteiger partial charge in [0.1, 0.15) is 11.7 Å². The van der Waals surface area contributed by atoms with E-state index < -0.39 is 16.0 Å². The number of nitrogens with two attached hydrogens (primary N) is 1. The molecule has 2 aromatic carbocycles. The Hall–Kier alpha value is -3.24. The number of carbonyl (C=O) groups is 1. The number of nitrogens with zero attached hydrogens (tertiary/aromatic N) is 2. The van der Waals surface area contributed by atoms with Crippen LogP contribution in [0.4, 0.5) is 0 Å².